The number of pyridine rings is 1. The molecule has 3 heteroatoms. The van der Waals surface area contributed by atoms with Crippen LogP contribution in [0.1, 0.15) is 16.6 Å². The van der Waals surface area contributed by atoms with Crippen molar-refractivity contribution in [2.45, 2.75) is 13.8 Å². The number of hydrogen-bond acceptors (Lipinski definition) is 1. The van der Waals surface area contributed by atoms with E-state index >= 15 is 0 Å². The van der Waals surface area contributed by atoms with Crippen LogP contribution in [0.25, 0.3) is 33.2 Å². The van der Waals surface area contributed by atoms with Gasteiger partial charge in [-0.3, -0.25) is 0 Å². The Bertz CT molecular complexity index is 1210. The minimum atomic E-state index is -2.23. The van der Waals surface area contributed by atoms with Gasteiger partial charge >= 0.3 is 0 Å². The molecule has 0 fully saturated rings. The molecule has 0 amide bonds. The second kappa shape index (κ2) is 4.92. The Hall–Kier alpha value is -2.68. The summed E-state index contributed by atoms with van der Waals surface area (Å²) in [6.07, 6.45) is 1.70. The molecule has 2 nitrogen and oxygen atoms in total. The third kappa shape index (κ3) is 2.12. The van der Waals surface area contributed by atoms with Crippen molar-refractivity contribution in [1.82, 2.24) is 0 Å². The molecule has 0 spiro atoms. The first-order valence-corrected chi connectivity index (χ1v) is 7.30. The van der Waals surface area contributed by atoms with E-state index in [1.807, 2.05) is 30.7 Å². The van der Waals surface area contributed by atoms with Crippen molar-refractivity contribution in [1.29, 1.82) is 0 Å². The van der Waals surface area contributed by atoms with E-state index in [4.69, 9.17) is 9.90 Å². The lowest BCUT2D eigenvalue weighted by Gasteiger charge is -2.06. The van der Waals surface area contributed by atoms with E-state index in [9.17, 15) is 4.39 Å². The molecule has 2 aromatic carbocycles. The van der Waals surface area contributed by atoms with Crippen LogP contribution < -0.4 is 4.57 Å². The SMILES string of the molecule is [2H]c1c(F)ccc2c1oc1c(-c3cc(C([2H])([2H])[2H])cc[n+]3C)c(C)ccc12. The summed E-state index contributed by atoms with van der Waals surface area (Å²) < 4.78 is 52.6. The van der Waals surface area contributed by atoms with E-state index in [2.05, 4.69) is 0 Å². The first-order chi connectivity index (χ1) is 12.7. The number of fused-ring (bicyclic) bond motifs is 3. The molecule has 4 aromatic rings. The average Bonchev–Trinajstić information content (AvgIpc) is 2.97. The number of aromatic nitrogens is 1. The van der Waals surface area contributed by atoms with Crippen molar-refractivity contribution in [3.8, 4) is 11.3 Å². The summed E-state index contributed by atoms with van der Waals surface area (Å²) in [6, 6.07) is 9.58. The van der Waals surface area contributed by atoms with E-state index in [0.717, 1.165) is 16.5 Å². The summed E-state index contributed by atoms with van der Waals surface area (Å²) in [6.45, 7) is -0.317. The minimum Gasteiger partial charge on any atom is -0.455 e. The molecule has 4 rings (SSSR count). The molecule has 0 saturated heterocycles. The zero-order valence-electron chi connectivity index (χ0n) is 16.8. The van der Waals surface area contributed by atoms with Gasteiger partial charge in [-0.25, -0.2) is 8.96 Å². The van der Waals surface area contributed by atoms with Crippen molar-refractivity contribution in [2.24, 2.45) is 7.05 Å². The molecule has 0 bridgehead atoms. The summed E-state index contributed by atoms with van der Waals surface area (Å²) in [5, 5.41) is 1.42. The third-order valence-corrected chi connectivity index (χ3v) is 4.14. The normalized spacial score (nSPS) is 14.6. The van der Waals surface area contributed by atoms with Crippen LogP contribution in [0, 0.1) is 19.6 Å². The lowest BCUT2D eigenvalue weighted by atomic mass is 10.00. The Morgan fingerprint density at radius 3 is 2.83 bits per heavy atom. The topological polar surface area (TPSA) is 17.0 Å². The van der Waals surface area contributed by atoms with Crippen LogP contribution in [0.3, 0.4) is 0 Å². The van der Waals surface area contributed by atoms with E-state index < -0.39 is 12.7 Å². The van der Waals surface area contributed by atoms with Gasteiger partial charge in [0.1, 0.15) is 24.0 Å². The van der Waals surface area contributed by atoms with E-state index in [-0.39, 0.29) is 17.2 Å². The highest BCUT2D eigenvalue weighted by atomic mass is 19.1. The summed E-state index contributed by atoms with van der Waals surface area (Å²) in [5.41, 5.74) is 3.24. The quantitative estimate of drug-likeness (QED) is 0.460. The van der Waals surface area contributed by atoms with Crippen LogP contribution in [0.5, 0.6) is 0 Å². The standard InChI is InChI=1S/C20H17FNO/c1-12-8-9-22(3)17(10-12)19-13(2)4-6-16-15-7-5-14(21)11-18(15)23-20(16)19/h4-11H,1-3H3/q+1/i1D3,11D. The van der Waals surface area contributed by atoms with Crippen LogP contribution in [0.4, 0.5) is 4.39 Å². The molecule has 2 aromatic heterocycles. The van der Waals surface area contributed by atoms with E-state index in [0.29, 0.717) is 16.7 Å². The number of aryl methyl sites for hydroxylation is 3. The number of nitrogens with zero attached hydrogens (tertiary/aromatic N) is 1. The fourth-order valence-corrected chi connectivity index (χ4v) is 2.98. The summed E-state index contributed by atoms with van der Waals surface area (Å²) in [4.78, 5) is 0. The zero-order chi connectivity index (χ0) is 19.5. The molecule has 0 N–H and O–H groups in total. The highest BCUT2D eigenvalue weighted by molar-refractivity contribution is 6.09. The minimum absolute atomic E-state index is 0.187. The molecule has 0 aliphatic heterocycles. The van der Waals surface area contributed by atoms with Crippen LogP contribution in [0.15, 0.2) is 53.1 Å². The molecule has 0 unspecified atom stereocenters. The molecule has 0 radical (unpaired) electrons. The van der Waals surface area contributed by atoms with Gasteiger partial charge in [-0.1, -0.05) is 12.1 Å². The Balaban J connectivity index is 2.11. The second-order valence-corrected chi connectivity index (χ2v) is 5.70. The largest absolute Gasteiger partial charge is 0.455 e. The number of benzene rings is 2. The highest BCUT2D eigenvalue weighted by Crippen LogP contribution is 2.37. The molecular formula is C20H17FNO+. The second-order valence-electron chi connectivity index (χ2n) is 5.70. The third-order valence-electron chi connectivity index (χ3n) is 4.14. The van der Waals surface area contributed by atoms with Crippen LogP contribution >= 0.6 is 0 Å². The highest BCUT2D eigenvalue weighted by Gasteiger charge is 2.20. The maximum Gasteiger partial charge on any atom is 0.216 e. The van der Waals surface area contributed by atoms with Gasteiger partial charge in [0.15, 0.2) is 6.20 Å². The molecule has 23 heavy (non-hydrogen) atoms. The van der Waals surface area contributed by atoms with Gasteiger partial charge in [0.2, 0.25) is 5.69 Å². The van der Waals surface area contributed by atoms with E-state index in [1.165, 1.54) is 6.07 Å². The number of hydrogen-bond donors (Lipinski definition) is 0. The lowest BCUT2D eigenvalue weighted by molar-refractivity contribution is -0.660. The fourth-order valence-electron chi connectivity index (χ4n) is 2.98. The molecule has 0 aliphatic rings. The van der Waals surface area contributed by atoms with Gasteiger partial charge in [-0.2, -0.15) is 0 Å². The van der Waals surface area contributed by atoms with Crippen molar-refractivity contribution >= 4 is 21.9 Å². The van der Waals surface area contributed by atoms with Gasteiger partial charge in [0, 0.05) is 33.1 Å². The predicted octanol–water partition coefficient (Wildman–Crippen LogP) is 4.83. The van der Waals surface area contributed by atoms with Crippen molar-refractivity contribution in [3.63, 3.8) is 0 Å². The van der Waals surface area contributed by atoms with Crippen molar-refractivity contribution in [3.05, 3.63) is 65.6 Å². The molecule has 0 atom stereocenters. The van der Waals surface area contributed by atoms with Gasteiger partial charge in [0.05, 0.1) is 6.93 Å². The Morgan fingerprint density at radius 1 is 1.17 bits per heavy atom. The van der Waals surface area contributed by atoms with Crippen LogP contribution in [-0.4, -0.2) is 0 Å². The number of halogens is 1. The summed E-state index contributed by atoms with van der Waals surface area (Å²) in [5.74, 6) is -0.644. The van der Waals surface area contributed by atoms with Crippen molar-refractivity contribution in [2.75, 3.05) is 0 Å². The Morgan fingerprint density at radius 2 is 2.00 bits per heavy atom. The maximum atomic E-state index is 13.8. The summed E-state index contributed by atoms with van der Waals surface area (Å²) in [7, 11) is 1.83. The van der Waals surface area contributed by atoms with Crippen LogP contribution in [0.2, 0.25) is 0 Å². The zero-order valence-corrected chi connectivity index (χ0v) is 12.8. The molecule has 114 valence electrons. The maximum absolute atomic E-state index is 13.8. The van der Waals surface area contributed by atoms with Gasteiger partial charge < -0.3 is 4.42 Å². The molecule has 2 heterocycles. The fraction of sp³-hybridized carbons (Fsp3) is 0.150. The Kier molecular flexibility index (Phi) is 2.17. The Labute approximate surface area is 139 Å². The monoisotopic (exact) mass is 310 g/mol. The van der Waals surface area contributed by atoms with E-state index in [1.54, 1.807) is 24.4 Å². The first-order valence-electron chi connectivity index (χ1n) is 9.30. The number of rotatable bonds is 1. The smallest absolute Gasteiger partial charge is 0.216 e. The summed E-state index contributed by atoms with van der Waals surface area (Å²) >= 11 is 0. The molecular weight excluding hydrogens is 289 g/mol. The molecule has 0 saturated carbocycles. The molecule has 0 aliphatic carbocycles. The first kappa shape index (κ1) is 10.2. The van der Waals surface area contributed by atoms with Gasteiger partial charge in [-0.15, -0.1) is 0 Å². The number of furan rings is 1. The van der Waals surface area contributed by atoms with Crippen molar-refractivity contribution < 1.29 is 18.9 Å². The lowest BCUT2D eigenvalue weighted by Crippen LogP contribution is -2.30. The average molecular weight is 310 g/mol. The predicted molar refractivity (Wildman–Crippen MR) is 89.8 cm³/mol. The van der Waals surface area contributed by atoms with Gasteiger partial charge in [0.25, 0.3) is 0 Å². The van der Waals surface area contributed by atoms with Crippen LogP contribution in [-0.2, 0) is 7.05 Å². The van der Waals surface area contributed by atoms with Gasteiger partial charge in [-0.05, 0) is 37.0 Å².